The summed E-state index contributed by atoms with van der Waals surface area (Å²) in [6.07, 6.45) is 5.04. The van der Waals surface area contributed by atoms with Crippen molar-refractivity contribution in [3.63, 3.8) is 0 Å². The number of fused-ring (bicyclic) bond motifs is 1. The minimum Gasteiger partial charge on any atom is -0.395 e. The van der Waals surface area contributed by atoms with Gasteiger partial charge in [-0.2, -0.15) is 0 Å². The average Bonchev–Trinajstić information content (AvgIpc) is 3.32. The number of piperidine rings is 1. The van der Waals surface area contributed by atoms with Crippen LogP contribution in [0.4, 0.5) is 20.5 Å². The molecule has 1 unspecified atom stereocenters. The topological polar surface area (TPSA) is 104 Å². The first-order chi connectivity index (χ1) is 19.8. The Morgan fingerprint density at radius 3 is 2.49 bits per heavy atom. The average molecular weight is 565 g/mol. The van der Waals surface area contributed by atoms with Gasteiger partial charge in [0.25, 0.3) is 0 Å². The van der Waals surface area contributed by atoms with Crippen LogP contribution in [0, 0.1) is 24.5 Å². The van der Waals surface area contributed by atoms with Crippen molar-refractivity contribution in [3.8, 4) is 11.3 Å². The minimum absolute atomic E-state index is 0.0132. The van der Waals surface area contributed by atoms with Gasteiger partial charge in [-0.3, -0.25) is 0 Å². The second kappa shape index (κ2) is 12.5. The third-order valence-corrected chi connectivity index (χ3v) is 7.87. The number of nitrogens with one attached hydrogen (secondary N) is 2. The summed E-state index contributed by atoms with van der Waals surface area (Å²) in [4.78, 5) is 19.8. The fraction of sp³-hybridized carbons (Fsp3) is 0.467. The van der Waals surface area contributed by atoms with Crippen molar-refractivity contribution in [1.29, 1.82) is 0 Å². The van der Waals surface area contributed by atoms with E-state index in [1.54, 1.807) is 6.07 Å². The molecule has 9 nitrogen and oxygen atoms in total. The van der Waals surface area contributed by atoms with E-state index in [0.29, 0.717) is 35.2 Å². The largest absolute Gasteiger partial charge is 0.395 e. The van der Waals surface area contributed by atoms with Crippen LogP contribution in [0.25, 0.3) is 22.3 Å². The molecule has 0 aliphatic carbocycles. The molecule has 41 heavy (non-hydrogen) atoms. The van der Waals surface area contributed by atoms with Crippen molar-refractivity contribution >= 4 is 22.8 Å². The maximum atomic E-state index is 15.0. The van der Waals surface area contributed by atoms with Crippen LogP contribution in [0.2, 0.25) is 0 Å². The smallest absolute Gasteiger partial charge is 0.229 e. The van der Waals surface area contributed by atoms with Gasteiger partial charge in [0.1, 0.15) is 22.9 Å². The van der Waals surface area contributed by atoms with Gasteiger partial charge >= 0.3 is 0 Å². The molecule has 1 aromatic carbocycles. The first kappa shape index (κ1) is 29.0. The van der Waals surface area contributed by atoms with Gasteiger partial charge in [-0.1, -0.05) is 13.0 Å². The standard InChI is InChI=1S/C30H38F2N8O/c1-5-39-11-8-20(9-12-39)27(33-10-13-41)21-6-7-26(34-16-21)37-30-35-17-24(32)28(38-30)22-14-23(31)29-25(15-22)40(18(2)3)19(4)36-29/h6-7,14-18,20,27,33,41H,5,8-13H2,1-4H3,(H,34,35,37,38). The van der Waals surface area contributed by atoms with E-state index in [0.717, 1.165) is 44.2 Å². The number of aliphatic hydroxyl groups is 1. The Kier molecular flexibility index (Phi) is 8.86. The summed E-state index contributed by atoms with van der Waals surface area (Å²) in [5.41, 5.74) is 2.16. The Hall–Kier alpha value is -3.54. The number of hydrogen-bond donors (Lipinski definition) is 3. The summed E-state index contributed by atoms with van der Waals surface area (Å²) in [7, 11) is 0. The molecular formula is C30H38F2N8O. The number of aliphatic hydroxyl groups excluding tert-OH is 1. The van der Waals surface area contributed by atoms with E-state index in [4.69, 9.17) is 0 Å². The molecule has 5 rings (SSSR count). The molecule has 218 valence electrons. The summed E-state index contributed by atoms with van der Waals surface area (Å²) < 4.78 is 31.9. The van der Waals surface area contributed by atoms with E-state index in [2.05, 4.69) is 42.4 Å². The van der Waals surface area contributed by atoms with Crippen LogP contribution in [0.1, 0.15) is 57.1 Å². The number of aromatic nitrogens is 5. The maximum Gasteiger partial charge on any atom is 0.229 e. The third kappa shape index (κ3) is 6.22. The van der Waals surface area contributed by atoms with Crippen molar-refractivity contribution < 1.29 is 13.9 Å². The molecule has 0 bridgehead atoms. The fourth-order valence-corrected chi connectivity index (χ4v) is 5.84. The number of anilines is 2. The number of benzene rings is 1. The molecule has 4 aromatic rings. The van der Waals surface area contributed by atoms with E-state index < -0.39 is 11.6 Å². The van der Waals surface area contributed by atoms with E-state index in [-0.39, 0.29) is 35.8 Å². The zero-order valence-corrected chi connectivity index (χ0v) is 24.0. The predicted octanol–water partition coefficient (Wildman–Crippen LogP) is 5.15. The molecule has 1 saturated heterocycles. The Morgan fingerprint density at radius 2 is 1.83 bits per heavy atom. The van der Waals surface area contributed by atoms with Gasteiger partial charge in [0.05, 0.1) is 18.3 Å². The van der Waals surface area contributed by atoms with Crippen LogP contribution in [-0.4, -0.2) is 67.3 Å². The summed E-state index contributed by atoms with van der Waals surface area (Å²) in [5.74, 6) is 0.597. The van der Waals surface area contributed by atoms with Gasteiger partial charge in [0.2, 0.25) is 5.95 Å². The number of imidazole rings is 1. The van der Waals surface area contributed by atoms with Crippen molar-refractivity contribution in [2.45, 2.75) is 52.6 Å². The fourth-order valence-electron chi connectivity index (χ4n) is 5.84. The molecule has 0 saturated carbocycles. The van der Waals surface area contributed by atoms with Crippen molar-refractivity contribution in [2.75, 3.05) is 38.1 Å². The van der Waals surface area contributed by atoms with Crippen molar-refractivity contribution in [3.05, 3.63) is 59.7 Å². The first-order valence-corrected chi connectivity index (χ1v) is 14.3. The highest BCUT2D eigenvalue weighted by atomic mass is 19.1. The van der Waals surface area contributed by atoms with E-state index in [1.807, 2.05) is 43.7 Å². The zero-order chi connectivity index (χ0) is 29.1. The van der Waals surface area contributed by atoms with E-state index in [9.17, 15) is 9.50 Å². The lowest BCUT2D eigenvalue weighted by atomic mass is 9.86. The lowest BCUT2D eigenvalue weighted by molar-refractivity contribution is 0.160. The van der Waals surface area contributed by atoms with Crippen LogP contribution in [0.5, 0.6) is 0 Å². The number of halogens is 2. The van der Waals surface area contributed by atoms with Crippen LogP contribution in [0.15, 0.2) is 36.7 Å². The Balaban J connectivity index is 1.38. The molecular weight excluding hydrogens is 526 g/mol. The highest BCUT2D eigenvalue weighted by Gasteiger charge is 2.27. The lowest BCUT2D eigenvalue weighted by Crippen LogP contribution is -2.39. The number of rotatable bonds is 10. The van der Waals surface area contributed by atoms with Gasteiger partial charge in [-0.25, -0.2) is 28.7 Å². The monoisotopic (exact) mass is 564 g/mol. The highest BCUT2D eigenvalue weighted by Crippen LogP contribution is 2.32. The van der Waals surface area contributed by atoms with Gasteiger partial charge in [-0.15, -0.1) is 0 Å². The number of nitrogens with zero attached hydrogens (tertiary/aromatic N) is 6. The third-order valence-electron chi connectivity index (χ3n) is 7.87. The van der Waals surface area contributed by atoms with E-state index >= 15 is 4.39 Å². The highest BCUT2D eigenvalue weighted by molar-refractivity contribution is 5.83. The molecule has 1 aliphatic heterocycles. The molecule has 11 heteroatoms. The second-order valence-electron chi connectivity index (χ2n) is 10.9. The first-order valence-electron chi connectivity index (χ1n) is 14.3. The van der Waals surface area contributed by atoms with E-state index in [1.165, 1.54) is 6.07 Å². The lowest BCUT2D eigenvalue weighted by Gasteiger charge is -2.36. The molecule has 3 N–H and O–H groups in total. The van der Waals surface area contributed by atoms with Crippen LogP contribution >= 0.6 is 0 Å². The zero-order valence-electron chi connectivity index (χ0n) is 24.0. The molecule has 3 aromatic heterocycles. The minimum atomic E-state index is -0.656. The normalized spacial score (nSPS) is 15.6. The van der Waals surface area contributed by atoms with Crippen LogP contribution in [-0.2, 0) is 0 Å². The molecule has 1 fully saturated rings. The number of aryl methyl sites for hydroxylation is 1. The number of likely N-dealkylation sites (tertiary alicyclic amines) is 1. The molecule has 1 atom stereocenters. The quantitative estimate of drug-likeness (QED) is 0.243. The van der Waals surface area contributed by atoms with Gasteiger partial charge in [0, 0.05) is 30.4 Å². The Morgan fingerprint density at radius 1 is 1.05 bits per heavy atom. The number of pyridine rings is 1. The second-order valence-corrected chi connectivity index (χ2v) is 10.9. The number of hydrogen-bond acceptors (Lipinski definition) is 8. The molecule has 0 radical (unpaired) electrons. The summed E-state index contributed by atoms with van der Waals surface area (Å²) in [5, 5.41) is 16.0. The SMILES string of the molecule is CCN1CCC(C(NCCO)c2ccc(Nc3ncc(F)c(-c4cc(F)c5nc(C)n(C(C)C)c5c4)n3)nc2)CC1. The predicted molar refractivity (Wildman–Crippen MR) is 156 cm³/mol. The molecule has 4 heterocycles. The molecule has 0 spiro atoms. The molecule has 1 aliphatic rings. The Labute approximate surface area is 239 Å². The van der Waals surface area contributed by atoms with Gasteiger partial charge in [0.15, 0.2) is 11.6 Å². The summed E-state index contributed by atoms with van der Waals surface area (Å²) >= 11 is 0. The van der Waals surface area contributed by atoms with Crippen molar-refractivity contribution in [1.82, 2.24) is 34.7 Å². The van der Waals surface area contributed by atoms with Gasteiger partial charge in [-0.05, 0) is 82.9 Å². The van der Waals surface area contributed by atoms with Crippen molar-refractivity contribution in [2.24, 2.45) is 5.92 Å². The summed E-state index contributed by atoms with van der Waals surface area (Å²) in [6.45, 7) is 11.7. The molecule has 0 amide bonds. The van der Waals surface area contributed by atoms with Gasteiger partial charge < -0.3 is 25.2 Å². The Bertz CT molecular complexity index is 1480. The van der Waals surface area contributed by atoms with Crippen LogP contribution in [0.3, 0.4) is 0 Å². The summed E-state index contributed by atoms with van der Waals surface area (Å²) in [6, 6.07) is 6.95. The maximum absolute atomic E-state index is 15.0. The van der Waals surface area contributed by atoms with Crippen LogP contribution < -0.4 is 10.6 Å².